The third kappa shape index (κ3) is 3.00. The summed E-state index contributed by atoms with van der Waals surface area (Å²) in [7, 11) is 0. The maximum atomic E-state index is 12.7. The van der Waals surface area contributed by atoms with Crippen molar-refractivity contribution in [3.63, 3.8) is 0 Å². The van der Waals surface area contributed by atoms with Crippen LogP contribution in [0.4, 0.5) is 17.6 Å². The molecule has 0 saturated heterocycles. The highest BCUT2D eigenvalue weighted by atomic mass is 19.3. The molecule has 8 heteroatoms. The summed E-state index contributed by atoms with van der Waals surface area (Å²) in [6.45, 7) is -1.37. The van der Waals surface area contributed by atoms with Gasteiger partial charge in [0, 0.05) is 6.92 Å². The summed E-state index contributed by atoms with van der Waals surface area (Å²) in [5.74, 6) is -8.42. The van der Waals surface area contributed by atoms with Gasteiger partial charge in [-0.05, 0) is 0 Å². The molecule has 0 spiro atoms. The van der Waals surface area contributed by atoms with E-state index in [2.05, 4.69) is 19.7 Å². The summed E-state index contributed by atoms with van der Waals surface area (Å²) in [5.41, 5.74) is 0. The first-order chi connectivity index (χ1) is 6.83. The molecule has 0 aromatic carbocycles. The fourth-order valence-corrected chi connectivity index (χ4v) is 0.585. The van der Waals surface area contributed by atoms with Gasteiger partial charge < -0.3 is 4.74 Å². The Hall–Kier alpha value is -1.47. The van der Waals surface area contributed by atoms with Crippen molar-refractivity contribution in [1.29, 1.82) is 0 Å². The normalized spacial score (nSPS) is 12.6. The van der Waals surface area contributed by atoms with E-state index < -0.39 is 24.5 Å². The van der Waals surface area contributed by atoms with E-state index in [4.69, 9.17) is 0 Å². The van der Waals surface area contributed by atoms with Gasteiger partial charge in [0.15, 0.2) is 6.61 Å². The molecule has 1 aromatic heterocycles. The number of ether oxygens (including phenoxy) is 1. The van der Waals surface area contributed by atoms with Gasteiger partial charge in [0.1, 0.15) is 12.7 Å². The highest BCUT2D eigenvalue weighted by Crippen LogP contribution is 2.33. The minimum absolute atomic E-state index is 0.115. The van der Waals surface area contributed by atoms with Gasteiger partial charge in [-0.1, -0.05) is 0 Å². The molecule has 0 radical (unpaired) electrons. The molecule has 1 aromatic rings. The molecule has 0 N–H and O–H groups in total. The molecule has 0 saturated carbocycles. The van der Waals surface area contributed by atoms with Gasteiger partial charge in [0.25, 0.3) is 0 Å². The number of rotatable bonds is 4. The van der Waals surface area contributed by atoms with Gasteiger partial charge in [-0.15, -0.1) is 0 Å². The molecule has 0 bridgehead atoms. The molecular weight excluding hydrogens is 218 g/mol. The first kappa shape index (κ1) is 11.6. The SMILES string of the molecule is CC(F)(F)C(F)(F)COc1ncncn1. The maximum absolute atomic E-state index is 12.7. The molecule has 4 nitrogen and oxygen atoms in total. The van der Waals surface area contributed by atoms with Crippen molar-refractivity contribution < 1.29 is 22.3 Å². The highest BCUT2D eigenvalue weighted by Gasteiger charge is 2.53. The van der Waals surface area contributed by atoms with Crippen molar-refractivity contribution in [3.05, 3.63) is 12.7 Å². The Balaban J connectivity index is 2.58. The fraction of sp³-hybridized carbons (Fsp3) is 0.571. The van der Waals surface area contributed by atoms with Crippen LogP contribution in [-0.2, 0) is 0 Å². The first-order valence-electron chi connectivity index (χ1n) is 3.83. The molecule has 15 heavy (non-hydrogen) atoms. The van der Waals surface area contributed by atoms with E-state index in [0.717, 1.165) is 12.7 Å². The summed E-state index contributed by atoms with van der Waals surface area (Å²) >= 11 is 0. The number of hydrogen-bond donors (Lipinski definition) is 0. The summed E-state index contributed by atoms with van der Waals surface area (Å²) in [6, 6.07) is -0.422. The molecule has 0 aliphatic rings. The van der Waals surface area contributed by atoms with E-state index in [1.165, 1.54) is 0 Å². The van der Waals surface area contributed by atoms with Gasteiger partial charge in [0.2, 0.25) is 0 Å². The van der Waals surface area contributed by atoms with Crippen molar-refractivity contribution >= 4 is 0 Å². The van der Waals surface area contributed by atoms with E-state index >= 15 is 0 Å². The highest BCUT2D eigenvalue weighted by molar-refractivity contribution is 4.90. The standard InChI is InChI=1S/C7H7F4N3O/c1-6(8,9)7(10,11)2-15-5-13-3-12-4-14-5/h3-4H,2H2,1H3. The Kier molecular flexibility index (Phi) is 3.06. The Morgan fingerprint density at radius 3 is 2.20 bits per heavy atom. The van der Waals surface area contributed by atoms with E-state index in [1.54, 1.807) is 0 Å². The predicted octanol–water partition coefficient (Wildman–Crippen LogP) is 1.54. The Morgan fingerprint density at radius 2 is 1.73 bits per heavy atom. The predicted molar refractivity (Wildman–Crippen MR) is 40.9 cm³/mol. The summed E-state index contributed by atoms with van der Waals surface area (Å²) < 4.78 is 54.3. The third-order valence-corrected chi connectivity index (χ3v) is 1.49. The van der Waals surface area contributed by atoms with Crippen LogP contribution in [-0.4, -0.2) is 33.4 Å². The minimum atomic E-state index is -4.26. The second kappa shape index (κ2) is 3.95. The smallest absolute Gasteiger partial charge is 0.343 e. The Bertz CT molecular complexity index is 314. The number of hydrogen-bond acceptors (Lipinski definition) is 4. The van der Waals surface area contributed by atoms with Crippen LogP contribution in [0.1, 0.15) is 6.92 Å². The molecular formula is C7H7F4N3O. The van der Waals surface area contributed by atoms with E-state index in [9.17, 15) is 17.6 Å². The average Bonchev–Trinajstić information content (AvgIpc) is 2.15. The van der Waals surface area contributed by atoms with Crippen molar-refractivity contribution in [3.8, 4) is 6.01 Å². The van der Waals surface area contributed by atoms with Gasteiger partial charge in [-0.25, -0.2) is 13.8 Å². The molecule has 0 amide bonds. The van der Waals surface area contributed by atoms with Crippen LogP contribution in [0, 0.1) is 0 Å². The van der Waals surface area contributed by atoms with Crippen LogP contribution in [0.15, 0.2) is 12.7 Å². The number of nitrogens with zero attached hydrogens (tertiary/aromatic N) is 3. The number of halogens is 4. The second-order valence-electron chi connectivity index (χ2n) is 2.80. The fourth-order valence-electron chi connectivity index (χ4n) is 0.585. The van der Waals surface area contributed by atoms with Crippen LogP contribution >= 0.6 is 0 Å². The van der Waals surface area contributed by atoms with E-state index in [-0.39, 0.29) is 6.92 Å². The Labute approximate surface area is 82.3 Å². The topological polar surface area (TPSA) is 47.9 Å². The zero-order valence-corrected chi connectivity index (χ0v) is 7.62. The van der Waals surface area contributed by atoms with Gasteiger partial charge in [-0.2, -0.15) is 18.7 Å². The Morgan fingerprint density at radius 1 is 1.20 bits per heavy atom. The molecule has 0 aliphatic heterocycles. The van der Waals surface area contributed by atoms with Crippen molar-refractivity contribution in [2.45, 2.75) is 18.8 Å². The quantitative estimate of drug-likeness (QED) is 0.729. The van der Waals surface area contributed by atoms with Crippen molar-refractivity contribution in [1.82, 2.24) is 15.0 Å². The zero-order valence-electron chi connectivity index (χ0n) is 7.62. The summed E-state index contributed by atoms with van der Waals surface area (Å²) in [5, 5.41) is 0. The molecule has 0 aliphatic carbocycles. The largest absolute Gasteiger partial charge is 0.457 e. The van der Waals surface area contributed by atoms with Crippen LogP contribution in [0.3, 0.4) is 0 Å². The lowest BCUT2D eigenvalue weighted by atomic mass is 10.2. The molecule has 1 rings (SSSR count). The minimum Gasteiger partial charge on any atom is -0.457 e. The molecule has 0 fully saturated rings. The summed E-state index contributed by atoms with van der Waals surface area (Å²) in [4.78, 5) is 10.1. The maximum Gasteiger partial charge on any atom is 0.343 e. The average molecular weight is 225 g/mol. The monoisotopic (exact) mass is 225 g/mol. The first-order valence-corrected chi connectivity index (χ1v) is 3.83. The second-order valence-corrected chi connectivity index (χ2v) is 2.80. The van der Waals surface area contributed by atoms with Crippen LogP contribution in [0.2, 0.25) is 0 Å². The van der Waals surface area contributed by atoms with Gasteiger partial charge in [0.05, 0.1) is 0 Å². The number of aromatic nitrogens is 3. The lowest BCUT2D eigenvalue weighted by molar-refractivity contribution is -0.211. The van der Waals surface area contributed by atoms with Crippen molar-refractivity contribution in [2.24, 2.45) is 0 Å². The molecule has 0 atom stereocenters. The lowest BCUT2D eigenvalue weighted by Crippen LogP contribution is -2.42. The van der Waals surface area contributed by atoms with E-state index in [1.807, 2.05) is 0 Å². The molecule has 1 heterocycles. The molecule has 0 unspecified atom stereocenters. The van der Waals surface area contributed by atoms with Crippen LogP contribution in [0.5, 0.6) is 6.01 Å². The molecule has 84 valence electrons. The van der Waals surface area contributed by atoms with Gasteiger partial charge in [-0.3, -0.25) is 0 Å². The lowest BCUT2D eigenvalue weighted by Gasteiger charge is -2.22. The van der Waals surface area contributed by atoms with E-state index in [0.29, 0.717) is 0 Å². The summed E-state index contributed by atoms with van der Waals surface area (Å²) in [6.07, 6.45) is 2.01. The van der Waals surface area contributed by atoms with Gasteiger partial charge >= 0.3 is 17.9 Å². The third-order valence-electron chi connectivity index (χ3n) is 1.49. The number of alkyl halides is 4. The van der Waals surface area contributed by atoms with Crippen molar-refractivity contribution in [2.75, 3.05) is 6.61 Å². The zero-order chi connectivity index (χ0) is 11.5. The van der Waals surface area contributed by atoms with Crippen LogP contribution in [0.25, 0.3) is 0 Å². The van der Waals surface area contributed by atoms with Crippen LogP contribution < -0.4 is 4.74 Å².